The Morgan fingerprint density at radius 2 is 1.83 bits per heavy atom. The summed E-state index contributed by atoms with van der Waals surface area (Å²) < 4.78 is 53.6. The molecule has 0 saturated carbocycles. The molecular formula is C21H15ClF3NO3. The molecule has 0 bridgehead atoms. The lowest BCUT2D eigenvalue weighted by atomic mass is 9.94. The normalized spacial score (nSPS) is 20.9. The van der Waals surface area contributed by atoms with Gasteiger partial charge in [-0.15, -0.1) is 0 Å². The summed E-state index contributed by atoms with van der Waals surface area (Å²) in [5, 5.41) is 0.414. The van der Waals surface area contributed by atoms with E-state index in [2.05, 4.69) is 0 Å². The van der Waals surface area contributed by atoms with Crippen LogP contribution in [0.2, 0.25) is 5.02 Å². The molecule has 0 amide bonds. The van der Waals surface area contributed by atoms with E-state index in [0.717, 1.165) is 12.0 Å². The van der Waals surface area contributed by atoms with Gasteiger partial charge < -0.3 is 14.4 Å². The minimum Gasteiger partial charge on any atom is -0.466 e. The Morgan fingerprint density at radius 3 is 2.48 bits per heavy atom. The summed E-state index contributed by atoms with van der Waals surface area (Å²) in [5.41, 5.74) is -0.462. The molecule has 2 aliphatic rings. The number of hydrogen-bond acceptors (Lipinski definition) is 4. The molecule has 0 spiro atoms. The minimum absolute atomic E-state index is 0.295. The van der Waals surface area contributed by atoms with Gasteiger partial charge in [0.2, 0.25) is 0 Å². The van der Waals surface area contributed by atoms with Crippen LogP contribution in [0, 0.1) is 0 Å². The second-order valence-corrected chi connectivity index (χ2v) is 6.93. The van der Waals surface area contributed by atoms with Crippen LogP contribution in [0.4, 0.5) is 18.9 Å². The Balaban J connectivity index is 1.98. The number of halogens is 4. The third-order valence-corrected chi connectivity index (χ3v) is 5.02. The van der Waals surface area contributed by atoms with Crippen molar-refractivity contribution in [3.8, 4) is 0 Å². The zero-order valence-corrected chi connectivity index (χ0v) is 15.9. The van der Waals surface area contributed by atoms with Crippen molar-refractivity contribution in [1.29, 1.82) is 0 Å². The van der Waals surface area contributed by atoms with Crippen LogP contribution < -0.4 is 4.90 Å². The third-order valence-electron chi connectivity index (χ3n) is 4.77. The first kappa shape index (κ1) is 19.5. The molecule has 2 aromatic carbocycles. The molecule has 2 atom stereocenters. The van der Waals surface area contributed by atoms with Crippen LogP contribution in [0.3, 0.4) is 0 Å². The smallest absolute Gasteiger partial charge is 0.432 e. The van der Waals surface area contributed by atoms with Gasteiger partial charge in [0, 0.05) is 5.02 Å². The molecule has 2 aliphatic heterocycles. The zero-order valence-electron chi connectivity index (χ0n) is 15.1. The number of allylic oxidation sites excluding steroid dienone is 1. The first-order valence-electron chi connectivity index (χ1n) is 8.68. The molecule has 4 rings (SSSR count). The van der Waals surface area contributed by atoms with Gasteiger partial charge in [-0.2, -0.15) is 13.2 Å². The van der Waals surface area contributed by atoms with E-state index in [1.807, 2.05) is 0 Å². The summed E-state index contributed by atoms with van der Waals surface area (Å²) in [6.45, 7) is 0. The summed E-state index contributed by atoms with van der Waals surface area (Å²) in [4.78, 5) is 13.5. The van der Waals surface area contributed by atoms with E-state index < -0.39 is 35.7 Å². The van der Waals surface area contributed by atoms with Crippen molar-refractivity contribution in [3.63, 3.8) is 0 Å². The van der Waals surface area contributed by atoms with Gasteiger partial charge in [0.1, 0.15) is 11.8 Å². The monoisotopic (exact) mass is 421 g/mol. The van der Waals surface area contributed by atoms with Crippen LogP contribution >= 0.6 is 11.6 Å². The molecule has 0 radical (unpaired) electrons. The number of alkyl halides is 3. The van der Waals surface area contributed by atoms with E-state index in [4.69, 9.17) is 21.1 Å². The maximum atomic E-state index is 14.3. The average Bonchev–Trinajstić information content (AvgIpc) is 2.71. The molecule has 4 nitrogen and oxygen atoms in total. The van der Waals surface area contributed by atoms with Crippen molar-refractivity contribution in [2.24, 2.45) is 0 Å². The number of carbonyl (C=O) groups excluding carboxylic acids is 1. The van der Waals surface area contributed by atoms with Gasteiger partial charge >= 0.3 is 12.1 Å². The molecule has 0 N–H and O–H groups in total. The summed E-state index contributed by atoms with van der Waals surface area (Å²) in [5.74, 6) is -1.11. The van der Waals surface area contributed by atoms with Crippen molar-refractivity contribution in [2.75, 3.05) is 12.0 Å². The van der Waals surface area contributed by atoms with Crippen LogP contribution in [0.1, 0.15) is 17.2 Å². The second-order valence-electron chi connectivity index (χ2n) is 6.50. The molecule has 0 saturated heterocycles. The maximum Gasteiger partial charge on any atom is 0.432 e. The van der Waals surface area contributed by atoms with E-state index in [1.54, 1.807) is 30.3 Å². The first-order valence-corrected chi connectivity index (χ1v) is 9.06. The molecule has 0 aliphatic carbocycles. The Morgan fingerprint density at radius 1 is 1.14 bits per heavy atom. The first-order chi connectivity index (χ1) is 13.8. The van der Waals surface area contributed by atoms with Crippen LogP contribution in [-0.2, 0) is 14.3 Å². The number of carbonyl (C=O) groups is 1. The minimum atomic E-state index is -4.82. The molecule has 0 aromatic heterocycles. The van der Waals surface area contributed by atoms with Gasteiger partial charge in [-0.3, -0.25) is 0 Å². The number of esters is 1. The highest BCUT2D eigenvalue weighted by molar-refractivity contribution is 6.30. The molecule has 8 heteroatoms. The third kappa shape index (κ3) is 3.41. The topological polar surface area (TPSA) is 38.8 Å². The van der Waals surface area contributed by atoms with Crippen LogP contribution in [0.15, 0.2) is 65.9 Å². The predicted octanol–water partition coefficient (Wildman–Crippen LogP) is 5.26. The molecule has 0 unspecified atom stereocenters. The number of rotatable bonds is 2. The van der Waals surface area contributed by atoms with Gasteiger partial charge in [0.15, 0.2) is 6.23 Å². The van der Waals surface area contributed by atoms with Crippen LogP contribution in [0.5, 0.6) is 0 Å². The lowest BCUT2D eigenvalue weighted by molar-refractivity contribution is -0.142. The van der Waals surface area contributed by atoms with E-state index in [1.165, 1.54) is 30.3 Å². The highest BCUT2D eigenvalue weighted by Gasteiger charge is 2.51. The number of hydrogen-bond donors (Lipinski definition) is 0. The highest BCUT2D eigenvalue weighted by Crippen LogP contribution is 2.48. The standard InChI is InChI=1S/C21H15ClF3NO3/c1-28-20(27)17-18(13-6-9-14(22)10-7-13)29-16-11-8-12-4-2-3-5-15(12)26(16)19(17)21(23,24)25/h2-11,16,18H,1H3/t16-,18+/m1/s1. The maximum absolute atomic E-state index is 14.3. The van der Waals surface area contributed by atoms with Crippen molar-refractivity contribution in [3.05, 3.63) is 82.0 Å². The lowest BCUT2D eigenvalue weighted by Gasteiger charge is -2.44. The van der Waals surface area contributed by atoms with Gasteiger partial charge in [0.25, 0.3) is 0 Å². The zero-order chi connectivity index (χ0) is 20.8. The molecule has 29 heavy (non-hydrogen) atoms. The number of benzene rings is 2. The molecule has 2 heterocycles. The summed E-state index contributed by atoms with van der Waals surface area (Å²) in [6.07, 6.45) is -3.91. The van der Waals surface area contributed by atoms with Crippen molar-refractivity contribution < 1.29 is 27.4 Å². The Labute approximate surface area is 169 Å². The molecule has 0 fully saturated rings. The predicted molar refractivity (Wildman–Crippen MR) is 102 cm³/mol. The number of para-hydroxylation sites is 1. The Hall–Kier alpha value is -2.77. The number of ether oxygens (including phenoxy) is 2. The second kappa shape index (κ2) is 7.24. The van der Waals surface area contributed by atoms with E-state index in [9.17, 15) is 18.0 Å². The number of methoxy groups -OCH3 is 1. The average molecular weight is 422 g/mol. The fourth-order valence-corrected chi connectivity index (χ4v) is 3.68. The Kier molecular flexibility index (Phi) is 4.88. The fourth-order valence-electron chi connectivity index (χ4n) is 3.56. The summed E-state index contributed by atoms with van der Waals surface area (Å²) in [7, 11) is 1.04. The number of nitrogens with zero attached hydrogens (tertiary/aromatic N) is 1. The number of fused-ring (bicyclic) bond motifs is 3. The quantitative estimate of drug-likeness (QED) is 0.620. The SMILES string of the molecule is COC(=O)C1=C(C(F)(F)F)N2c3ccccc3C=C[C@H]2O[C@H]1c1ccc(Cl)cc1. The van der Waals surface area contributed by atoms with Crippen molar-refractivity contribution >= 4 is 29.3 Å². The van der Waals surface area contributed by atoms with Crippen molar-refractivity contribution in [2.45, 2.75) is 18.5 Å². The largest absolute Gasteiger partial charge is 0.466 e. The van der Waals surface area contributed by atoms with Gasteiger partial charge in [0.05, 0.1) is 18.4 Å². The summed E-state index contributed by atoms with van der Waals surface area (Å²) in [6, 6.07) is 12.7. The van der Waals surface area contributed by atoms with Crippen LogP contribution in [-0.4, -0.2) is 25.5 Å². The molecule has 150 valence electrons. The van der Waals surface area contributed by atoms with Gasteiger partial charge in [-0.05, 0) is 35.4 Å². The highest BCUT2D eigenvalue weighted by atomic mass is 35.5. The van der Waals surface area contributed by atoms with E-state index in [-0.39, 0.29) is 0 Å². The molecular weight excluding hydrogens is 407 g/mol. The number of anilines is 1. The van der Waals surface area contributed by atoms with Crippen molar-refractivity contribution in [1.82, 2.24) is 0 Å². The lowest BCUT2D eigenvalue weighted by Crippen LogP contribution is -2.49. The summed E-state index contributed by atoms with van der Waals surface area (Å²) >= 11 is 5.90. The van der Waals surface area contributed by atoms with E-state index >= 15 is 0 Å². The molecule has 2 aromatic rings. The van der Waals surface area contributed by atoms with Gasteiger partial charge in [-0.1, -0.05) is 48.0 Å². The van der Waals surface area contributed by atoms with Gasteiger partial charge in [-0.25, -0.2) is 4.79 Å². The van der Waals surface area contributed by atoms with E-state index in [0.29, 0.717) is 21.8 Å². The Bertz CT molecular complexity index is 1010. The fraction of sp³-hybridized carbons (Fsp3) is 0.190. The van der Waals surface area contributed by atoms with Crippen LogP contribution in [0.25, 0.3) is 6.08 Å².